The second kappa shape index (κ2) is 5.35. The zero-order valence-electron chi connectivity index (χ0n) is 10.1. The number of carbonyl (C=O) groups excluding carboxylic acids is 1. The lowest BCUT2D eigenvalue weighted by Gasteiger charge is -2.06. The monoisotopic (exact) mass is 295 g/mol. The summed E-state index contributed by atoms with van der Waals surface area (Å²) < 4.78 is 35.7. The van der Waals surface area contributed by atoms with Crippen molar-refractivity contribution in [1.82, 2.24) is 4.98 Å². The minimum atomic E-state index is -4.13. The average Bonchev–Trinajstić information content (AvgIpc) is 2.38. The fourth-order valence-electron chi connectivity index (χ4n) is 1.50. The van der Waals surface area contributed by atoms with Gasteiger partial charge in [0.2, 0.25) is 10.0 Å². The molecule has 0 bridgehead atoms. The lowest BCUT2D eigenvalue weighted by atomic mass is 10.3. The number of nitrogens with one attached hydrogen (secondary N) is 1. The van der Waals surface area contributed by atoms with E-state index in [-0.39, 0.29) is 11.4 Å². The van der Waals surface area contributed by atoms with Crippen LogP contribution in [-0.4, -0.2) is 19.3 Å². The molecule has 0 spiro atoms. The third kappa shape index (κ3) is 3.16. The molecular formula is C12H10FN3O3S. The Kier molecular flexibility index (Phi) is 3.77. The summed E-state index contributed by atoms with van der Waals surface area (Å²) >= 11 is 0. The van der Waals surface area contributed by atoms with Crippen molar-refractivity contribution in [3.8, 4) is 0 Å². The number of nitrogens with two attached hydrogens (primary N) is 1. The molecule has 1 aromatic heterocycles. The number of hydrogen-bond donors (Lipinski definition) is 2. The van der Waals surface area contributed by atoms with Gasteiger partial charge in [0, 0.05) is 11.9 Å². The van der Waals surface area contributed by atoms with Gasteiger partial charge in [0.15, 0.2) is 0 Å². The van der Waals surface area contributed by atoms with Gasteiger partial charge in [-0.3, -0.25) is 9.78 Å². The molecular weight excluding hydrogens is 285 g/mol. The first-order valence-electron chi connectivity index (χ1n) is 5.42. The number of carbonyl (C=O) groups is 1. The van der Waals surface area contributed by atoms with Gasteiger partial charge in [-0.25, -0.2) is 17.9 Å². The van der Waals surface area contributed by atoms with Crippen LogP contribution < -0.4 is 10.5 Å². The quantitative estimate of drug-likeness (QED) is 0.885. The van der Waals surface area contributed by atoms with Crippen molar-refractivity contribution in [2.24, 2.45) is 5.14 Å². The number of anilines is 1. The average molecular weight is 295 g/mol. The SMILES string of the molecule is NS(=O)(=O)c1ccc(NC(=O)c2ccccn2)cc1F. The molecule has 0 aliphatic carbocycles. The van der Waals surface area contributed by atoms with Crippen molar-refractivity contribution in [2.75, 3.05) is 5.32 Å². The topological polar surface area (TPSA) is 102 Å². The van der Waals surface area contributed by atoms with Gasteiger partial charge in [0.1, 0.15) is 16.4 Å². The molecule has 104 valence electrons. The van der Waals surface area contributed by atoms with Crippen LogP contribution in [0.1, 0.15) is 10.5 Å². The van der Waals surface area contributed by atoms with Gasteiger partial charge in [-0.15, -0.1) is 0 Å². The first kappa shape index (κ1) is 14.1. The molecule has 6 nitrogen and oxygen atoms in total. The molecule has 0 unspecified atom stereocenters. The van der Waals surface area contributed by atoms with Crippen LogP contribution >= 0.6 is 0 Å². The number of primary sulfonamides is 1. The number of rotatable bonds is 3. The number of hydrogen-bond acceptors (Lipinski definition) is 4. The maximum absolute atomic E-state index is 13.6. The highest BCUT2D eigenvalue weighted by Crippen LogP contribution is 2.18. The van der Waals surface area contributed by atoms with E-state index in [0.29, 0.717) is 0 Å². The van der Waals surface area contributed by atoms with Gasteiger partial charge in [0.25, 0.3) is 5.91 Å². The van der Waals surface area contributed by atoms with Gasteiger partial charge in [-0.05, 0) is 30.3 Å². The Bertz CT molecular complexity index is 748. The summed E-state index contributed by atoms with van der Waals surface area (Å²) in [5.41, 5.74) is 0.258. The molecule has 3 N–H and O–H groups in total. The molecule has 20 heavy (non-hydrogen) atoms. The van der Waals surface area contributed by atoms with E-state index in [9.17, 15) is 17.6 Å². The van der Waals surface area contributed by atoms with Crippen LogP contribution in [0.4, 0.5) is 10.1 Å². The Morgan fingerprint density at radius 3 is 2.55 bits per heavy atom. The molecule has 8 heteroatoms. The Labute approximate surface area is 114 Å². The Morgan fingerprint density at radius 2 is 2.00 bits per heavy atom. The molecule has 1 aromatic carbocycles. The van der Waals surface area contributed by atoms with Crippen molar-refractivity contribution in [1.29, 1.82) is 0 Å². The summed E-state index contributed by atoms with van der Waals surface area (Å²) in [5, 5.41) is 7.24. The molecule has 1 heterocycles. The van der Waals surface area contributed by atoms with Crippen molar-refractivity contribution >= 4 is 21.6 Å². The molecule has 0 saturated carbocycles. The van der Waals surface area contributed by atoms with E-state index in [1.54, 1.807) is 12.1 Å². The largest absolute Gasteiger partial charge is 0.321 e. The maximum atomic E-state index is 13.6. The molecule has 0 atom stereocenters. The Hall–Kier alpha value is -2.32. The number of nitrogens with zero attached hydrogens (tertiary/aromatic N) is 1. The Balaban J connectivity index is 2.24. The molecule has 0 aliphatic rings. The van der Waals surface area contributed by atoms with Gasteiger partial charge in [-0.1, -0.05) is 6.07 Å². The molecule has 1 amide bonds. The maximum Gasteiger partial charge on any atom is 0.274 e. The van der Waals surface area contributed by atoms with E-state index in [4.69, 9.17) is 5.14 Å². The van der Waals surface area contributed by atoms with E-state index >= 15 is 0 Å². The first-order chi connectivity index (χ1) is 9.38. The number of pyridine rings is 1. The van der Waals surface area contributed by atoms with Gasteiger partial charge in [0.05, 0.1) is 0 Å². The van der Waals surface area contributed by atoms with E-state index in [1.165, 1.54) is 18.3 Å². The van der Waals surface area contributed by atoms with Crippen LogP contribution in [0.5, 0.6) is 0 Å². The number of amides is 1. The van der Waals surface area contributed by atoms with Crippen LogP contribution in [-0.2, 0) is 10.0 Å². The third-order valence-electron chi connectivity index (χ3n) is 2.39. The standard InChI is InChI=1S/C12H10FN3O3S/c13-9-7-8(4-5-11(9)20(14,18)19)16-12(17)10-3-1-2-6-15-10/h1-7H,(H,16,17)(H2,14,18,19). The zero-order chi connectivity index (χ0) is 14.8. The van der Waals surface area contributed by atoms with Crippen molar-refractivity contribution in [2.45, 2.75) is 4.90 Å². The second-order valence-electron chi connectivity index (χ2n) is 3.86. The smallest absolute Gasteiger partial charge is 0.274 e. The van der Waals surface area contributed by atoms with Crippen molar-refractivity contribution < 1.29 is 17.6 Å². The first-order valence-corrected chi connectivity index (χ1v) is 6.97. The van der Waals surface area contributed by atoms with Crippen LogP contribution in [0.25, 0.3) is 0 Å². The minimum absolute atomic E-state index is 0.102. The normalized spacial score (nSPS) is 11.1. The summed E-state index contributed by atoms with van der Waals surface area (Å²) in [6, 6.07) is 7.87. The molecule has 0 radical (unpaired) electrons. The van der Waals surface area contributed by atoms with Gasteiger partial charge >= 0.3 is 0 Å². The summed E-state index contributed by atoms with van der Waals surface area (Å²) in [6.07, 6.45) is 1.44. The molecule has 0 fully saturated rings. The molecule has 0 saturated heterocycles. The lowest BCUT2D eigenvalue weighted by Crippen LogP contribution is -2.16. The highest BCUT2D eigenvalue weighted by Gasteiger charge is 2.15. The summed E-state index contributed by atoms with van der Waals surface area (Å²) in [4.78, 5) is 15.0. The molecule has 2 rings (SSSR count). The summed E-state index contributed by atoms with van der Waals surface area (Å²) in [7, 11) is -4.13. The molecule has 2 aromatic rings. The van der Waals surface area contributed by atoms with E-state index in [1.807, 2.05) is 0 Å². The predicted molar refractivity (Wildman–Crippen MR) is 70.0 cm³/mol. The van der Waals surface area contributed by atoms with E-state index in [0.717, 1.165) is 12.1 Å². The van der Waals surface area contributed by atoms with Gasteiger partial charge < -0.3 is 5.32 Å². The summed E-state index contributed by atoms with van der Waals surface area (Å²) in [5.74, 6) is -1.57. The molecule has 0 aliphatic heterocycles. The van der Waals surface area contributed by atoms with Crippen LogP contribution in [0.3, 0.4) is 0 Å². The van der Waals surface area contributed by atoms with E-state index in [2.05, 4.69) is 10.3 Å². The highest BCUT2D eigenvalue weighted by atomic mass is 32.2. The van der Waals surface area contributed by atoms with E-state index < -0.39 is 26.6 Å². The predicted octanol–water partition coefficient (Wildman–Crippen LogP) is 1.12. The number of aromatic nitrogens is 1. The second-order valence-corrected chi connectivity index (χ2v) is 5.39. The number of halogens is 1. The summed E-state index contributed by atoms with van der Waals surface area (Å²) in [6.45, 7) is 0. The number of sulfonamides is 1. The van der Waals surface area contributed by atoms with Crippen molar-refractivity contribution in [3.05, 3.63) is 54.1 Å². The fraction of sp³-hybridized carbons (Fsp3) is 0. The zero-order valence-corrected chi connectivity index (χ0v) is 10.9. The van der Waals surface area contributed by atoms with Crippen molar-refractivity contribution in [3.63, 3.8) is 0 Å². The van der Waals surface area contributed by atoms with Crippen LogP contribution in [0.15, 0.2) is 47.5 Å². The van der Waals surface area contributed by atoms with Crippen LogP contribution in [0, 0.1) is 5.82 Å². The third-order valence-corrected chi connectivity index (χ3v) is 3.34. The lowest BCUT2D eigenvalue weighted by molar-refractivity contribution is 0.102. The number of benzene rings is 1. The Morgan fingerprint density at radius 1 is 1.25 bits per heavy atom. The fourth-order valence-corrected chi connectivity index (χ4v) is 2.09. The minimum Gasteiger partial charge on any atom is -0.321 e. The highest BCUT2D eigenvalue weighted by molar-refractivity contribution is 7.89. The van der Waals surface area contributed by atoms with Gasteiger partial charge in [-0.2, -0.15) is 0 Å². The van der Waals surface area contributed by atoms with Crippen LogP contribution in [0.2, 0.25) is 0 Å².